The molecule has 1 aliphatic heterocycles. The van der Waals surface area contributed by atoms with Gasteiger partial charge < -0.3 is 10.3 Å². The Balaban J connectivity index is 2.40. The summed E-state index contributed by atoms with van der Waals surface area (Å²) in [5.74, 6) is 0.138. The monoisotopic (exact) mass is 299 g/mol. The Kier molecular flexibility index (Phi) is 3.07. The lowest BCUT2D eigenvalue weighted by molar-refractivity contribution is 0.104. The molecule has 0 bridgehead atoms. The van der Waals surface area contributed by atoms with Crippen molar-refractivity contribution in [2.24, 2.45) is 0 Å². The highest BCUT2D eigenvalue weighted by Gasteiger charge is 2.38. The summed E-state index contributed by atoms with van der Waals surface area (Å²) in [5.41, 5.74) is 8.76. The van der Waals surface area contributed by atoms with E-state index in [1.165, 1.54) is 0 Å². The van der Waals surface area contributed by atoms with Gasteiger partial charge in [0.1, 0.15) is 7.14 Å². The highest BCUT2D eigenvalue weighted by Crippen LogP contribution is 2.47. The molecule has 0 fully saturated rings. The molecule has 2 N–H and O–H groups in total. The number of hydrogen-bond acceptors (Lipinski definition) is 3. The molecule has 0 aromatic heterocycles. The lowest BCUT2D eigenvalue weighted by atomic mass is 9.95. The van der Waals surface area contributed by atoms with E-state index >= 15 is 0 Å². The highest BCUT2D eigenvalue weighted by atomic mass is 31.2. The SMILES string of the molecule is CC(C)c1ccc2c(c1N)P(C)(=O)c1ccccc1C2=O. The van der Waals surface area contributed by atoms with Gasteiger partial charge in [-0.2, -0.15) is 0 Å². The summed E-state index contributed by atoms with van der Waals surface area (Å²) in [6.07, 6.45) is 0. The number of nitrogen functional groups attached to an aromatic ring is 1. The van der Waals surface area contributed by atoms with Gasteiger partial charge in [-0.1, -0.05) is 44.2 Å². The summed E-state index contributed by atoms with van der Waals surface area (Å²) in [7, 11) is -2.85. The van der Waals surface area contributed by atoms with E-state index in [1.54, 1.807) is 30.9 Å². The third-order valence-corrected chi connectivity index (χ3v) is 6.80. The summed E-state index contributed by atoms with van der Waals surface area (Å²) in [6.45, 7) is 5.78. The molecule has 1 aliphatic rings. The average Bonchev–Trinajstić information content (AvgIpc) is 2.44. The smallest absolute Gasteiger partial charge is 0.194 e. The summed E-state index contributed by atoms with van der Waals surface area (Å²) < 4.78 is 13.4. The second kappa shape index (κ2) is 4.57. The predicted octanol–water partition coefficient (Wildman–Crippen LogP) is 2.88. The molecular weight excluding hydrogens is 281 g/mol. The van der Waals surface area contributed by atoms with E-state index in [9.17, 15) is 9.36 Å². The van der Waals surface area contributed by atoms with E-state index < -0.39 is 7.14 Å². The lowest BCUT2D eigenvalue weighted by Gasteiger charge is -2.28. The predicted molar refractivity (Wildman–Crippen MR) is 87.6 cm³/mol. The molecule has 0 amide bonds. The lowest BCUT2D eigenvalue weighted by Crippen LogP contribution is -2.34. The van der Waals surface area contributed by atoms with Gasteiger partial charge in [0, 0.05) is 22.1 Å². The summed E-state index contributed by atoms with van der Waals surface area (Å²) >= 11 is 0. The normalized spacial score (nSPS) is 20.3. The van der Waals surface area contributed by atoms with E-state index in [4.69, 9.17) is 5.73 Å². The molecule has 4 heteroatoms. The van der Waals surface area contributed by atoms with Crippen molar-refractivity contribution in [1.82, 2.24) is 0 Å². The number of benzene rings is 2. The second-order valence-corrected chi connectivity index (χ2v) is 8.67. The van der Waals surface area contributed by atoms with Crippen LogP contribution in [0, 0.1) is 0 Å². The number of fused-ring (bicyclic) bond motifs is 2. The molecule has 0 radical (unpaired) electrons. The highest BCUT2D eigenvalue weighted by molar-refractivity contribution is 7.79. The molecule has 2 aromatic rings. The van der Waals surface area contributed by atoms with Crippen LogP contribution in [0.3, 0.4) is 0 Å². The third-order valence-electron chi connectivity index (χ3n) is 4.15. The molecule has 108 valence electrons. The zero-order valence-electron chi connectivity index (χ0n) is 12.4. The molecular formula is C17H18NO2P. The number of carbonyl (C=O) groups excluding carboxylic acids is 1. The van der Waals surface area contributed by atoms with Crippen LogP contribution < -0.4 is 16.3 Å². The fourth-order valence-electron chi connectivity index (χ4n) is 3.07. The Morgan fingerprint density at radius 2 is 1.71 bits per heavy atom. The minimum absolute atomic E-state index is 0.0871. The minimum Gasteiger partial charge on any atom is -0.398 e. The van der Waals surface area contributed by atoms with Crippen LogP contribution in [0.15, 0.2) is 36.4 Å². The maximum absolute atomic E-state index is 13.4. The van der Waals surface area contributed by atoms with Crippen LogP contribution >= 0.6 is 7.14 Å². The summed E-state index contributed by atoms with van der Waals surface area (Å²) in [6, 6.07) is 10.8. The first-order valence-electron chi connectivity index (χ1n) is 7.00. The fourth-order valence-corrected chi connectivity index (χ4v) is 5.55. The number of anilines is 1. The van der Waals surface area contributed by atoms with Gasteiger partial charge in [0.25, 0.3) is 0 Å². The first-order chi connectivity index (χ1) is 9.85. The van der Waals surface area contributed by atoms with Crippen molar-refractivity contribution in [3.8, 4) is 0 Å². The van der Waals surface area contributed by atoms with Crippen LogP contribution in [-0.2, 0) is 4.57 Å². The van der Waals surface area contributed by atoms with E-state index in [-0.39, 0.29) is 11.7 Å². The van der Waals surface area contributed by atoms with Gasteiger partial charge in [-0.3, -0.25) is 4.79 Å². The zero-order valence-corrected chi connectivity index (χ0v) is 13.3. The van der Waals surface area contributed by atoms with E-state index in [0.717, 1.165) is 5.56 Å². The van der Waals surface area contributed by atoms with Gasteiger partial charge in [0.05, 0.1) is 5.30 Å². The minimum atomic E-state index is -2.85. The Morgan fingerprint density at radius 1 is 1.05 bits per heavy atom. The molecule has 1 heterocycles. The molecule has 0 saturated heterocycles. The van der Waals surface area contributed by atoms with Crippen molar-refractivity contribution in [3.05, 3.63) is 53.1 Å². The Bertz CT molecular complexity index is 808. The van der Waals surface area contributed by atoms with Crippen molar-refractivity contribution in [2.75, 3.05) is 12.4 Å². The number of rotatable bonds is 1. The van der Waals surface area contributed by atoms with Gasteiger partial charge in [0.2, 0.25) is 0 Å². The molecule has 0 saturated carbocycles. The van der Waals surface area contributed by atoms with Crippen molar-refractivity contribution in [1.29, 1.82) is 0 Å². The van der Waals surface area contributed by atoms with Crippen LogP contribution in [-0.4, -0.2) is 12.4 Å². The molecule has 3 rings (SSSR count). The van der Waals surface area contributed by atoms with Crippen LogP contribution in [0.2, 0.25) is 0 Å². The molecule has 1 unspecified atom stereocenters. The van der Waals surface area contributed by atoms with Crippen molar-refractivity contribution >= 4 is 29.2 Å². The topological polar surface area (TPSA) is 60.2 Å². The molecule has 21 heavy (non-hydrogen) atoms. The van der Waals surface area contributed by atoms with Crippen LogP contribution in [0.25, 0.3) is 0 Å². The zero-order chi connectivity index (χ0) is 15.4. The van der Waals surface area contributed by atoms with Gasteiger partial charge in [-0.25, -0.2) is 0 Å². The molecule has 2 aromatic carbocycles. The van der Waals surface area contributed by atoms with Gasteiger partial charge in [0.15, 0.2) is 5.78 Å². The van der Waals surface area contributed by atoms with Crippen molar-refractivity contribution in [2.45, 2.75) is 19.8 Å². The molecule has 3 nitrogen and oxygen atoms in total. The molecule has 0 spiro atoms. The third kappa shape index (κ3) is 1.88. The second-order valence-electron chi connectivity index (χ2n) is 5.89. The average molecular weight is 299 g/mol. The molecule has 0 aliphatic carbocycles. The van der Waals surface area contributed by atoms with E-state index in [2.05, 4.69) is 0 Å². The van der Waals surface area contributed by atoms with E-state index in [1.807, 2.05) is 26.0 Å². The van der Waals surface area contributed by atoms with Gasteiger partial charge in [-0.05, 0) is 24.2 Å². The maximum atomic E-state index is 13.4. The Morgan fingerprint density at radius 3 is 2.38 bits per heavy atom. The van der Waals surface area contributed by atoms with Crippen LogP contribution in [0.5, 0.6) is 0 Å². The summed E-state index contributed by atoms with van der Waals surface area (Å²) in [5, 5.41) is 1.16. The van der Waals surface area contributed by atoms with Gasteiger partial charge in [-0.15, -0.1) is 0 Å². The van der Waals surface area contributed by atoms with Gasteiger partial charge >= 0.3 is 0 Å². The number of nitrogens with two attached hydrogens (primary N) is 1. The quantitative estimate of drug-likeness (QED) is 0.650. The van der Waals surface area contributed by atoms with Crippen molar-refractivity contribution < 1.29 is 9.36 Å². The van der Waals surface area contributed by atoms with Crippen LogP contribution in [0.1, 0.15) is 41.3 Å². The number of ketones is 1. The standard InChI is InChI=1S/C17H18NO2P/c1-10(2)11-8-9-13-16(19)12-6-4-5-7-14(12)21(3,20)17(13)15(11)18/h4-10H,18H2,1-3H3. The number of hydrogen-bond donors (Lipinski definition) is 1. The maximum Gasteiger partial charge on any atom is 0.194 e. The first-order valence-corrected chi connectivity index (χ1v) is 9.16. The van der Waals surface area contributed by atoms with E-state index in [0.29, 0.717) is 27.4 Å². The van der Waals surface area contributed by atoms with Crippen LogP contribution in [0.4, 0.5) is 5.69 Å². The Hall–Kier alpha value is -1.86. The largest absolute Gasteiger partial charge is 0.398 e. The Labute approximate surface area is 124 Å². The fraction of sp³-hybridized carbons (Fsp3) is 0.235. The first kappa shape index (κ1) is 14.1. The summed E-state index contributed by atoms with van der Waals surface area (Å²) in [4.78, 5) is 12.7. The van der Waals surface area contributed by atoms with Crippen molar-refractivity contribution in [3.63, 3.8) is 0 Å². The molecule has 1 atom stereocenters. The number of carbonyl (C=O) groups is 1.